The molecule has 5 heteroatoms. The Bertz CT molecular complexity index is 316. The van der Waals surface area contributed by atoms with Crippen molar-refractivity contribution in [3.05, 3.63) is 24.3 Å². The molecule has 0 aliphatic heterocycles. The Morgan fingerprint density at radius 3 is 2.24 bits per heavy atom. The first-order chi connectivity index (χ1) is 7.60. The van der Waals surface area contributed by atoms with Crippen LogP contribution in [0.15, 0.2) is 24.3 Å². The number of amides is 1. The van der Waals surface area contributed by atoms with Gasteiger partial charge in [-0.2, -0.15) is 0 Å². The number of rotatable bonds is 5. The molecule has 17 heavy (non-hydrogen) atoms. The number of halogens is 3. The van der Waals surface area contributed by atoms with Crippen LogP contribution in [0.25, 0.3) is 0 Å². The molecule has 0 saturated heterocycles. The third-order valence-corrected chi connectivity index (χ3v) is 2.84. The van der Waals surface area contributed by atoms with Crippen LogP contribution in [0.1, 0.15) is 33.6 Å². The quantitative estimate of drug-likeness (QED) is 0.599. The molecule has 0 bridgehead atoms. The number of carbonyl (C=O) groups is 1. The smallest absolute Gasteiger partial charge is 0.272 e. The Morgan fingerprint density at radius 1 is 1.35 bits per heavy atom. The zero-order chi connectivity index (χ0) is 13.7. The molecule has 0 rings (SSSR count). The maximum Gasteiger partial charge on any atom is 0.272 e. The van der Waals surface area contributed by atoms with E-state index in [1.54, 1.807) is 6.08 Å². The standard InChI is InChI=1S/C12H18Cl3NO/c1-5-11(4,8-6-7-9(2)3)16-10(17)12(13,14)15/h5,7H,1,6,8H2,2-4H3,(H,16,17). The molecule has 2 nitrogen and oxygen atoms in total. The maximum absolute atomic E-state index is 11.6. The second kappa shape index (κ2) is 6.67. The normalized spacial score (nSPS) is 14.7. The van der Waals surface area contributed by atoms with E-state index in [1.165, 1.54) is 5.57 Å². The number of allylic oxidation sites excluding steroid dienone is 2. The van der Waals surface area contributed by atoms with E-state index in [-0.39, 0.29) is 0 Å². The predicted molar refractivity (Wildman–Crippen MR) is 75.7 cm³/mol. The van der Waals surface area contributed by atoms with Crippen molar-refractivity contribution in [3.8, 4) is 0 Å². The van der Waals surface area contributed by atoms with Crippen molar-refractivity contribution in [1.82, 2.24) is 5.32 Å². The molecule has 1 amide bonds. The molecule has 0 fully saturated rings. The number of nitrogens with one attached hydrogen (secondary N) is 1. The average Bonchev–Trinajstić information content (AvgIpc) is 2.15. The zero-order valence-electron chi connectivity index (χ0n) is 10.3. The van der Waals surface area contributed by atoms with Gasteiger partial charge >= 0.3 is 0 Å². The minimum absolute atomic E-state index is 0.576. The molecule has 0 heterocycles. The molecule has 98 valence electrons. The van der Waals surface area contributed by atoms with Gasteiger partial charge in [0.05, 0.1) is 5.54 Å². The van der Waals surface area contributed by atoms with Gasteiger partial charge in [-0.1, -0.05) is 52.5 Å². The zero-order valence-corrected chi connectivity index (χ0v) is 12.6. The van der Waals surface area contributed by atoms with Crippen LogP contribution in [0, 0.1) is 0 Å². The summed E-state index contributed by atoms with van der Waals surface area (Å²) in [5.41, 5.74) is 0.650. The lowest BCUT2D eigenvalue weighted by molar-refractivity contribution is -0.121. The van der Waals surface area contributed by atoms with Gasteiger partial charge in [-0.25, -0.2) is 0 Å². The van der Waals surface area contributed by atoms with Crippen molar-refractivity contribution in [2.75, 3.05) is 0 Å². The topological polar surface area (TPSA) is 29.1 Å². The van der Waals surface area contributed by atoms with Gasteiger partial charge in [-0.15, -0.1) is 6.58 Å². The molecule has 0 radical (unpaired) electrons. The van der Waals surface area contributed by atoms with Crippen molar-refractivity contribution in [2.24, 2.45) is 0 Å². The number of hydrogen-bond donors (Lipinski definition) is 1. The van der Waals surface area contributed by atoms with E-state index >= 15 is 0 Å². The Morgan fingerprint density at radius 2 is 1.88 bits per heavy atom. The summed E-state index contributed by atoms with van der Waals surface area (Å²) in [6, 6.07) is 0. The first kappa shape index (κ1) is 16.8. The lowest BCUT2D eigenvalue weighted by Crippen LogP contribution is -2.48. The lowest BCUT2D eigenvalue weighted by atomic mass is 9.95. The Labute approximate surface area is 118 Å². The van der Waals surface area contributed by atoms with Gasteiger partial charge in [-0.3, -0.25) is 4.79 Å². The van der Waals surface area contributed by atoms with Gasteiger partial charge in [0, 0.05) is 0 Å². The molecule has 0 spiro atoms. The summed E-state index contributed by atoms with van der Waals surface area (Å²) in [5, 5.41) is 2.67. The molecular formula is C12H18Cl3NO. The number of alkyl halides is 3. The van der Waals surface area contributed by atoms with E-state index in [9.17, 15) is 4.79 Å². The van der Waals surface area contributed by atoms with Crippen molar-refractivity contribution in [1.29, 1.82) is 0 Å². The summed E-state index contributed by atoms with van der Waals surface area (Å²) < 4.78 is -1.94. The molecule has 0 aliphatic rings. The van der Waals surface area contributed by atoms with Crippen molar-refractivity contribution < 1.29 is 4.79 Å². The van der Waals surface area contributed by atoms with E-state index in [2.05, 4.69) is 18.0 Å². The summed E-state index contributed by atoms with van der Waals surface area (Å²) in [7, 11) is 0. The van der Waals surface area contributed by atoms with Crippen LogP contribution in [0.4, 0.5) is 0 Å². The third-order valence-electron chi connectivity index (χ3n) is 2.32. The van der Waals surface area contributed by atoms with Gasteiger partial charge in [0.25, 0.3) is 9.70 Å². The molecule has 0 aliphatic carbocycles. The fourth-order valence-electron chi connectivity index (χ4n) is 1.21. The van der Waals surface area contributed by atoms with E-state index < -0.39 is 15.2 Å². The molecule has 0 aromatic heterocycles. The van der Waals surface area contributed by atoms with Crippen LogP contribution in [-0.2, 0) is 4.79 Å². The lowest BCUT2D eigenvalue weighted by Gasteiger charge is -2.28. The average molecular weight is 299 g/mol. The molecule has 1 atom stereocenters. The SMILES string of the molecule is C=CC(C)(CCC=C(C)C)NC(=O)C(Cl)(Cl)Cl. The highest BCUT2D eigenvalue weighted by Gasteiger charge is 2.34. The maximum atomic E-state index is 11.6. The highest BCUT2D eigenvalue weighted by molar-refractivity contribution is 6.76. The number of hydrogen-bond acceptors (Lipinski definition) is 1. The predicted octanol–water partition coefficient (Wildman–Crippen LogP) is 4.16. The minimum atomic E-state index is -1.94. The third kappa shape index (κ3) is 6.97. The van der Waals surface area contributed by atoms with Crippen LogP contribution >= 0.6 is 34.8 Å². The van der Waals surface area contributed by atoms with Gasteiger partial charge < -0.3 is 5.32 Å². The van der Waals surface area contributed by atoms with Gasteiger partial charge in [0.2, 0.25) is 0 Å². The molecule has 1 N–H and O–H groups in total. The van der Waals surface area contributed by atoms with Crippen LogP contribution in [0.5, 0.6) is 0 Å². The van der Waals surface area contributed by atoms with E-state index in [4.69, 9.17) is 34.8 Å². The summed E-state index contributed by atoms with van der Waals surface area (Å²) >= 11 is 16.5. The fraction of sp³-hybridized carbons (Fsp3) is 0.583. The summed E-state index contributed by atoms with van der Waals surface area (Å²) in [4.78, 5) is 11.6. The first-order valence-electron chi connectivity index (χ1n) is 5.27. The Balaban J connectivity index is 4.53. The second-order valence-electron chi connectivity index (χ2n) is 4.39. The van der Waals surface area contributed by atoms with Gasteiger partial charge in [-0.05, 0) is 33.6 Å². The summed E-state index contributed by atoms with van der Waals surface area (Å²) in [5.74, 6) is -0.637. The molecular weight excluding hydrogens is 280 g/mol. The van der Waals surface area contributed by atoms with Crippen LogP contribution in [-0.4, -0.2) is 15.2 Å². The second-order valence-corrected chi connectivity index (χ2v) is 6.67. The molecule has 0 saturated carbocycles. The van der Waals surface area contributed by atoms with Crippen LogP contribution in [0.2, 0.25) is 0 Å². The van der Waals surface area contributed by atoms with Crippen LogP contribution in [0.3, 0.4) is 0 Å². The fourth-order valence-corrected chi connectivity index (χ4v) is 1.35. The van der Waals surface area contributed by atoms with Crippen molar-refractivity contribution >= 4 is 40.7 Å². The van der Waals surface area contributed by atoms with E-state index in [0.717, 1.165) is 6.42 Å². The molecule has 0 aromatic carbocycles. The van der Waals surface area contributed by atoms with Crippen molar-refractivity contribution in [3.63, 3.8) is 0 Å². The highest BCUT2D eigenvalue weighted by Crippen LogP contribution is 2.27. The molecule has 1 unspecified atom stereocenters. The van der Waals surface area contributed by atoms with E-state index in [0.29, 0.717) is 6.42 Å². The van der Waals surface area contributed by atoms with E-state index in [1.807, 2.05) is 20.8 Å². The Hall–Kier alpha value is -0.180. The summed E-state index contributed by atoms with van der Waals surface area (Å²) in [6.07, 6.45) is 5.27. The minimum Gasteiger partial charge on any atom is -0.344 e. The Kier molecular flexibility index (Phi) is 6.60. The highest BCUT2D eigenvalue weighted by atomic mass is 35.6. The largest absolute Gasteiger partial charge is 0.344 e. The monoisotopic (exact) mass is 297 g/mol. The van der Waals surface area contributed by atoms with Crippen molar-refractivity contribution in [2.45, 2.75) is 42.9 Å². The van der Waals surface area contributed by atoms with Gasteiger partial charge in [0.15, 0.2) is 0 Å². The van der Waals surface area contributed by atoms with Crippen LogP contribution < -0.4 is 5.32 Å². The summed E-state index contributed by atoms with van der Waals surface area (Å²) in [6.45, 7) is 9.58. The number of carbonyl (C=O) groups excluding carboxylic acids is 1. The first-order valence-corrected chi connectivity index (χ1v) is 6.40. The molecule has 0 aromatic rings. The van der Waals surface area contributed by atoms with Gasteiger partial charge in [0.1, 0.15) is 0 Å².